The van der Waals surface area contributed by atoms with Crippen LogP contribution in [0.15, 0.2) is 18.2 Å². The Balaban J connectivity index is 1.98. The van der Waals surface area contributed by atoms with E-state index in [0.717, 1.165) is 12.1 Å². The van der Waals surface area contributed by atoms with Crippen molar-refractivity contribution >= 4 is 11.6 Å². The van der Waals surface area contributed by atoms with E-state index >= 15 is 0 Å². The number of hydrogen-bond acceptors (Lipinski definition) is 1. The average Bonchev–Trinajstić information content (AvgIpc) is 2.91. The minimum Gasteiger partial charge on any atom is -0.310 e. The standard InChI is InChI=1S/C10H11ClFN/c11-9-5-7(1-4-10(9)12)6-13-8-2-3-8/h1,4-5,8,13H,2-3,6H2. The van der Waals surface area contributed by atoms with Crippen molar-refractivity contribution in [1.82, 2.24) is 5.32 Å². The second-order valence-corrected chi connectivity index (χ2v) is 3.81. The molecule has 0 aliphatic heterocycles. The lowest BCUT2D eigenvalue weighted by Gasteiger charge is -2.03. The summed E-state index contributed by atoms with van der Waals surface area (Å²) in [5.74, 6) is -0.350. The topological polar surface area (TPSA) is 12.0 Å². The molecule has 0 spiro atoms. The Morgan fingerprint density at radius 3 is 2.85 bits per heavy atom. The number of hydrogen-bond donors (Lipinski definition) is 1. The summed E-state index contributed by atoms with van der Waals surface area (Å²) in [7, 11) is 0. The van der Waals surface area contributed by atoms with E-state index in [4.69, 9.17) is 11.6 Å². The largest absolute Gasteiger partial charge is 0.310 e. The molecule has 0 atom stereocenters. The Kier molecular flexibility index (Phi) is 2.51. The molecule has 0 amide bonds. The van der Waals surface area contributed by atoms with Gasteiger partial charge in [0.05, 0.1) is 5.02 Å². The second kappa shape index (κ2) is 3.64. The molecule has 1 aliphatic carbocycles. The molecule has 2 rings (SSSR count). The van der Waals surface area contributed by atoms with Crippen molar-refractivity contribution in [1.29, 1.82) is 0 Å². The summed E-state index contributed by atoms with van der Waals surface area (Å²) in [5, 5.41) is 3.54. The Hall–Kier alpha value is -0.600. The van der Waals surface area contributed by atoms with Gasteiger partial charge in [-0.25, -0.2) is 4.39 Å². The van der Waals surface area contributed by atoms with Gasteiger partial charge in [0.15, 0.2) is 0 Å². The van der Waals surface area contributed by atoms with Gasteiger partial charge in [-0.3, -0.25) is 0 Å². The third-order valence-electron chi connectivity index (χ3n) is 2.16. The zero-order valence-electron chi connectivity index (χ0n) is 7.19. The summed E-state index contributed by atoms with van der Waals surface area (Å²) in [6, 6.07) is 5.51. The zero-order valence-corrected chi connectivity index (χ0v) is 7.94. The van der Waals surface area contributed by atoms with Gasteiger partial charge in [-0.1, -0.05) is 17.7 Å². The molecule has 1 saturated carbocycles. The van der Waals surface area contributed by atoms with Crippen molar-refractivity contribution in [2.24, 2.45) is 0 Å². The first-order valence-corrected chi connectivity index (χ1v) is 4.81. The normalized spacial score (nSPS) is 16.2. The van der Waals surface area contributed by atoms with Crippen molar-refractivity contribution in [2.75, 3.05) is 0 Å². The van der Waals surface area contributed by atoms with Gasteiger partial charge in [0.25, 0.3) is 0 Å². The quantitative estimate of drug-likeness (QED) is 0.790. The van der Waals surface area contributed by atoms with Crippen molar-refractivity contribution in [3.05, 3.63) is 34.6 Å². The molecule has 70 valence electrons. The van der Waals surface area contributed by atoms with Gasteiger partial charge >= 0.3 is 0 Å². The van der Waals surface area contributed by atoms with Crippen LogP contribution in [0.4, 0.5) is 4.39 Å². The fourth-order valence-corrected chi connectivity index (χ4v) is 1.40. The molecule has 0 unspecified atom stereocenters. The highest BCUT2D eigenvalue weighted by Crippen LogP contribution is 2.20. The van der Waals surface area contributed by atoms with E-state index in [2.05, 4.69) is 5.32 Å². The number of benzene rings is 1. The van der Waals surface area contributed by atoms with Gasteiger partial charge in [0.2, 0.25) is 0 Å². The molecule has 1 aliphatic rings. The van der Waals surface area contributed by atoms with Crippen LogP contribution < -0.4 is 5.32 Å². The van der Waals surface area contributed by atoms with E-state index < -0.39 is 0 Å². The summed E-state index contributed by atoms with van der Waals surface area (Å²) in [5.41, 5.74) is 1.04. The Morgan fingerprint density at radius 2 is 2.23 bits per heavy atom. The van der Waals surface area contributed by atoms with Crippen LogP contribution >= 0.6 is 11.6 Å². The van der Waals surface area contributed by atoms with Gasteiger partial charge in [-0.2, -0.15) is 0 Å². The molecular formula is C10H11ClFN. The molecule has 1 aromatic rings. The van der Waals surface area contributed by atoms with E-state index in [1.165, 1.54) is 18.9 Å². The van der Waals surface area contributed by atoms with Crippen molar-refractivity contribution in [3.8, 4) is 0 Å². The number of rotatable bonds is 3. The molecule has 0 radical (unpaired) electrons. The molecule has 0 bridgehead atoms. The molecule has 0 aromatic heterocycles. The third-order valence-corrected chi connectivity index (χ3v) is 2.45. The summed E-state index contributed by atoms with van der Waals surface area (Å²) in [6.45, 7) is 0.782. The molecule has 0 heterocycles. The van der Waals surface area contributed by atoms with Crippen LogP contribution in [0, 0.1) is 5.82 Å². The first-order chi connectivity index (χ1) is 6.25. The van der Waals surface area contributed by atoms with Crippen LogP contribution in [-0.4, -0.2) is 6.04 Å². The van der Waals surface area contributed by atoms with Gasteiger partial charge in [-0.15, -0.1) is 0 Å². The minimum atomic E-state index is -0.350. The maximum Gasteiger partial charge on any atom is 0.141 e. The molecule has 1 aromatic carbocycles. The van der Waals surface area contributed by atoms with Crippen LogP contribution in [0.1, 0.15) is 18.4 Å². The highest BCUT2D eigenvalue weighted by Gasteiger charge is 2.19. The molecule has 1 N–H and O–H groups in total. The fraction of sp³-hybridized carbons (Fsp3) is 0.400. The molecule has 1 fully saturated rings. The first-order valence-electron chi connectivity index (χ1n) is 4.43. The van der Waals surface area contributed by atoms with Gasteiger partial charge in [-0.05, 0) is 30.5 Å². The number of nitrogens with one attached hydrogen (secondary N) is 1. The fourth-order valence-electron chi connectivity index (χ4n) is 1.20. The lowest BCUT2D eigenvalue weighted by atomic mass is 10.2. The monoisotopic (exact) mass is 199 g/mol. The van der Waals surface area contributed by atoms with Crippen molar-refractivity contribution < 1.29 is 4.39 Å². The maximum atomic E-state index is 12.8. The first kappa shape index (κ1) is 8.97. The Labute approximate surface area is 81.9 Å². The summed E-state index contributed by atoms with van der Waals surface area (Å²) in [4.78, 5) is 0. The molecular weight excluding hydrogens is 189 g/mol. The lowest BCUT2D eigenvalue weighted by Crippen LogP contribution is -2.15. The maximum absolute atomic E-state index is 12.8. The van der Waals surface area contributed by atoms with Crippen LogP contribution in [0.2, 0.25) is 5.02 Å². The van der Waals surface area contributed by atoms with E-state index in [9.17, 15) is 4.39 Å². The zero-order chi connectivity index (χ0) is 9.26. The predicted octanol–water partition coefficient (Wildman–Crippen LogP) is 2.73. The van der Waals surface area contributed by atoms with Crippen LogP contribution in [0.5, 0.6) is 0 Å². The molecule has 1 nitrogen and oxygen atoms in total. The van der Waals surface area contributed by atoms with Gasteiger partial charge < -0.3 is 5.32 Å². The highest BCUT2D eigenvalue weighted by molar-refractivity contribution is 6.30. The SMILES string of the molecule is Fc1ccc(CNC2CC2)cc1Cl. The number of halogens is 2. The highest BCUT2D eigenvalue weighted by atomic mass is 35.5. The smallest absolute Gasteiger partial charge is 0.141 e. The van der Waals surface area contributed by atoms with Gasteiger partial charge in [0.1, 0.15) is 5.82 Å². The van der Waals surface area contributed by atoms with E-state index in [-0.39, 0.29) is 10.8 Å². The van der Waals surface area contributed by atoms with Crippen LogP contribution in [0.25, 0.3) is 0 Å². The van der Waals surface area contributed by atoms with Crippen LogP contribution in [0.3, 0.4) is 0 Å². The summed E-state index contributed by atoms with van der Waals surface area (Å²) < 4.78 is 12.8. The average molecular weight is 200 g/mol. The summed E-state index contributed by atoms with van der Waals surface area (Å²) in [6.07, 6.45) is 2.52. The van der Waals surface area contributed by atoms with E-state index in [1.54, 1.807) is 12.1 Å². The van der Waals surface area contributed by atoms with E-state index in [0.29, 0.717) is 6.04 Å². The summed E-state index contributed by atoms with van der Waals surface area (Å²) >= 11 is 5.64. The predicted molar refractivity (Wildman–Crippen MR) is 51.3 cm³/mol. The van der Waals surface area contributed by atoms with Gasteiger partial charge in [0, 0.05) is 12.6 Å². The minimum absolute atomic E-state index is 0.204. The molecule has 3 heteroatoms. The van der Waals surface area contributed by atoms with Crippen molar-refractivity contribution in [2.45, 2.75) is 25.4 Å². The lowest BCUT2D eigenvalue weighted by molar-refractivity contribution is 0.625. The third kappa shape index (κ3) is 2.42. The molecule has 0 saturated heterocycles. The van der Waals surface area contributed by atoms with Crippen molar-refractivity contribution in [3.63, 3.8) is 0 Å². The Morgan fingerprint density at radius 1 is 1.46 bits per heavy atom. The Bertz CT molecular complexity index is 310. The second-order valence-electron chi connectivity index (χ2n) is 3.40. The molecule has 13 heavy (non-hydrogen) atoms. The van der Waals surface area contributed by atoms with Crippen LogP contribution in [-0.2, 0) is 6.54 Å². The van der Waals surface area contributed by atoms with E-state index in [1.807, 2.05) is 0 Å².